The Morgan fingerprint density at radius 3 is 2.90 bits per heavy atom. The lowest BCUT2D eigenvalue weighted by Crippen LogP contribution is -2.21. The Hall–Kier alpha value is -1.19. The zero-order valence-corrected chi connectivity index (χ0v) is 13.9. The summed E-state index contributed by atoms with van der Waals surface area (Å²) in [6, 6.07) is 8.27. The van der Waals surface area contributed by atoms with Crippen LogP contribution in [0.4, 0.5) is 0 Å². The molecule has 1 aromatic heterocycles. The fourth-order valence-electron chi connectivity index (χ4n) is 2.15. The van der Waals surface area contributed by atoms with Crippen LogP contribution in [0.1, 0.15) is 26.3 Å². The molecule has 2 nitrogen and oxygen atoms in total. The van der Waals surface area contributed by atoms with Gasteiger partial charge in [0.05, 0.1) is 5.52 Å². The fourth-order valence-corrected chi connectivity index (χ4v) is 2.60. The first-order chi connectivity index (χ1) is 9.58. The lowest BCUT2D eigenvalue weighted by atomic mass is 10.1. The summed E-state index contributed by atoms with van der Waals surface area (Å²) in [5.41, 5.74) is 3.54. The minimum atomic E-state index is 0.679. The van der Waals surface area contributed by atoms with E-state index >= 15 is 0 Å². The van der Waals surface area contributed by atoms with Crippen LogP contribution in [0.2, 0.25) is 0 Å². The second-order valence-corrected chi connectivity index (χ2v) is 6.41. The van der Waals surface area contributed by atoms with E-state index in [1.165, 1.54) is 11.1 Å². The Morgan fingerprint density at radius 1 is 1.35 bits per heavy atom. The van der Waals surface area contributed by atoms with Gasteiger partial charge in [-0.2, -0.15) is 0 Å². The van der Waals surface area contributed by atoms with E-state index in [0.717, 1.165) is 28.5 Å². The maximum atomic E-state index is 4.51. The summed E-state index contributed by atoms with van der Waals surface area (Å²) in [7, 11) is 0. The van der Waals surface area contributed by atoms with Gasteiger partial charge < -0.3 is 5.32 Å². The third kappa shape index (κ3) is 3.90. The quantitative estimate of drug-likeness (QED) is 0.862. The third-order valence-corrected chi connectivity index (χ3v) is 3.80. The average molecular weight is 333 g/mol. The van der Waals surface area contributed by atoms with Gasteiger partial charge in [0.2, 0.25) is 0 Å². The molecule has 1 heterocycles. The van der Waals surface area contributed by atoms with Crippen LogP contribution in [0.15, 0.2) is 40.5 Å². The highest BCUT2D eigenvalue weighted by Gasteiger charge is 2.04. The summed E-state index contributed by atoms with van der Waals surface area (Å²) in [5, 5.41) is 4.62. The van der Waals surface area contributed by atoms with Crippen molar-refractivity contribution in [2.45, 2.75) is 20.8 Å². The zero-order valence-electron chi connectivity index (χ0n) is 12.3. The van der Waals surface area contributed by atoms with Crippen molar-refractivity contribution in [3.05, 3.63) is 46.1 Å². The molecule has 2 aromatic rings. The molecule has 0 aliphatic rings. The van der Waals surface area contributed by atoms with E-state index in [4.69, 9.17) is 0 Å². The predicted molar refractivity (Wildman–Crippen MR) is 90.8 cm³/mol. The summed E-state index contributed by atoms with van der Waals surface area (Å²) >= 11 is 3.58. The van der Waals surface area contributed by atoms with Crippen molar-refractivity contribution in [2.24, 2.45) is 5.92 Å². The summed E-state index contributed by atoms with van der Waals surface area (Å²) in [6.07, 6.45) is 4.06. The molecule has 0 radical (unpaired) electrons. The highest BCUT2D eigenvalue weighted by molar-refractivity contribution is 9.10. The first kappa shape index (κ1) is 15.2. The van der Waals surface area contributed by atoms with Crippen molar-refractivity contribution < 1.29 is 0 Å². The van der Waals surface area contributed by atoms with Crippen molar-refractivity contribution in [3.63, 3.8) is 0 Å². The van der Waals surface area contributed by atoms with Gasteiger partial charge >= 0.3 is 0 Å². The minimum absolute atomic E-state index is 0.679. The number of nitrogens with zero attached hydrogens (tertiary/aromatic N) is 1. The Bertz CT molecular complexity index is 617. The van der Waals surface area contributed by atoms with Gasteiger partial charge in [-0.25, -0.2) is 0 Å². The largest absolute Gasteiger partial charge is 0.313 e. The molecule has 0 atom stereocenters. The van der Waals surface area contributed by atoms with Gasteiger partial charge in [-0.05, 0) is 31.5 Å². The number of aromatic nitrogens is 1. The van der Waals surface area contributed by atoms with E-state index in [1.54, 1.807) is 0 Å². The molecular formula is C17H21BrN2. The first-order valence-electron chi connectivity index (χ1n) is 6.99. The van der Waals surface area contributed by atoms with E-state index in [2.05, 4.69) is 71.3 Å². The van der Waals surface area contributed by atoms with Crippen LogP contribution in [-0.2, 0) is 0 Å². The molecule has 0 fully saturated rings. The lowest BCUT2D eigenvalue weighted by molar-refractivity contribution is 0.572. The van der Waals surface area contributed by atoms with Gasteiger partial charge in [0.1, 0.15) is 0 Å². The van der Waals surface area contributed by atoms with Crippen LogP contribution >= 0.6 is 15.9 Å². The molecule has 3 heteroatoms. The van der Waals surface area contributed by atoms with Gasteiger partial charge in [-0.3, -0.25) is 4.98 Å². The molecule has 0 bridgehead atoms. The summed E-state index contributed by atoms with van der Waals surface area (Å²) < 4.78 is 1.09. The van der Waals surface area contributed by atoms with E-state index in [-0.39, 0.29) is 0 Å². The Morgan fingerprint density at radius 2 is 2.15 bits per heavy atom. The van der Waals surface area contributed by atoms with Crippen molar-refractivity contribution in [2.75, 3.05) is 13.1 Å². The number of halogens is 1. The predicted octanol–water partition coefficient (Wildman–Crippen LogP) is 4.65. The smallest absolute Gasteiger partial charge is 0.0785 e. The fraction of sp³-hybridized carbons (Fsp3) is 0.353. The topological polar surface area (TPSA) is 24.9 Å². The van der Waals surface area contributed by atoms with Crippen LogP contribution in [-0.4, -0.2) is 18.1 Å². The van der Waals surface area contributed by atoms with Crippen LogP contribution in [0.3, 0.4) is 0 Å². The second kappa shape index (κ2) is 7.00. The molecule has 0 aliphatic heterocycles. The maximum absolute atomic E-state index is 4.51. The molecule has 0 saturated heterocycles. The van der Waals surface area contributed by atoms with Crippen molar-refractivity contribution >= 4 is 32.9 Å². The SMILES string of the molecule is C/C(=C\c1ccc(Br)c2cccnc12)CNCC(C)C. The molecule has 0 saturated carbocycles. The average Bonchev–Trinajstić information content (AvgIpc) is 2.42. The van der Waals surface area contributed by atoms with E-state index < -0.39 is 0 Å². The number of hydrogen-bond donors (Lipinski definition) is 1. The minimum Gasteiger partial charge on any atom is -0.313 e. The summed E-state index contributed by atoms with van der Waals surface area (Å²) in [5.74, 6) is 0.679. The summed E-state index contributed by atoms with van der Waals surface area (Å²) in [4.78, 5) is 4.51. The van der Waals surface area contributed by atoms with E-state index in [9.17, 15) is 0 Å². The van der Waals surface area contributed by atoms with Gasteiger partial charge in [0.15, 0.2) is 0 Å². The molecule has 2 rings (SSSR count). The van der Waals surface area contributed by atoms with Crippen molar-refractivity contribution in [1.29, 1.82) is 0 Å². The van der Waals surface area contributed by atoms with E-state index in [0.29, 0.717) is 5.92 Å². The zero-order chi connectivity index (χ0) is 14.5. The second-order valence-electron chi connectivity index (χ2n) is 5.55. The molecule has 106 valence electrons. The monoisotopic (exact) mass is 332 g/mol. The van der Waals surface area contributed by atoms with Crippen molar-refractivity contribution in [1.82, 2.24) is 10.3 Å². The lowest BCUT2D eigenvalue weighted by Gasteiger charge is -2.09. The number of benzene rings is 1. The summed E-state index contributed by atoms with van der Waals surface area (Å²) in [6.45, 7) is 8.56. The number of rotatable bonds is 5. The van der Waals surface area contributed by atoms with E-state index in [1.807, 2.05) is 12.3 Å². The Balaban J connectivity index is 2.23. The van der Waals surface area contributed by atoms with Gasteiger partial charge in [0.25, 0.3) is 0 Å². The molecule has 0 unspecified atom stereocenters. The number of hydrogen-bond acceptors (Lipinski definition) is 2. The Labute approximate surface area is 129 Å². The van der Waals surface area contributed by atoms with Crippen molar-refractivity contribution in [3.8, 4) is 0 Å². The molecule has 20 heavy (non-hydrogen) atoms. The third-order valence-electron chi connectivity index (χ3n) is 3.11. The van der Waals surface area contributed by atoms with Crippen LogP contribution in [0.25, 0.3) is 17.0 Å². The van der Waals surface area contributed by atoms with Crippen LogP contribution < -0.4 is 5.32 Å². The number of fused-ring (bicyclic) bond motifs is 1. The highest BCUT2D eigenvalue weighted by atomic mass is 79.9. The van der Waals surface area contributed by atoms with Gasteiger partial charge in [-0.15, -0.1) is 0 Å². The molecule has 0 amide bonds. The van der Waals surface area contributed by atoms with Gasteiger partial charge in [0, 0.05) is 28.2 Å². The maximum Gasteiger partial charge on any atom is 0.0785 e. The number of pyridine rings is 1. The van der Waals surface area contributed by atoms with Gasteiger partial charge in [-0.1, -0.05) is 53.6 Å². The molecule has 1 N–H and O–H groups in total. The normalized spacial score (nSPS) is 12.3. The number of nitrogens with one attached hydrogen (secondary N) is 1. The molecule has 1 aromatic carbocycles. The molecule has 0 aliphatic carbocycles. The highest BCUT2D eigenvalue weighted by Crippen LogP contribution is 2.26. The molecule has 0 spiro atoms. The first-order valence-corrected chi connectivity index (χ1v) is 7.78. The van der Waals surface area contributed by atoms with Crippen LogP contribution in [0, 0.1) is 5.92 Å². The van der Waals surface area contributed by atoms with Crippen LogP contribution in [0.5, 0.6) is 0 Å². The standard InChI is InChI=1S/C17H21BrN2/c1-12(2)10-19-11-13(3)9-14-6-7-16(18)15-5-4-8-20-17(14)15/h4-9,12,19H,10-11H2,1-3H3/b13-9+. The molecular weight excluding hydrogens is 312 g/mol. The Kier molecular flexibility index (Phi) is 5.32.